The molecule has 1 heterocycles. The highest BCUT2D eigenvalue weighted by molar-refractivity contribution is 6.30. The zero-order chi connectivity index (χ0) is 18.7. The second kappa shape index (κ2) is 7.80. The van der Waals surface area contributed by atoms with Crippen molar-refractivity contribution in [2.75, 3.05) is 24.6 Å². The van der Waals surface area contributed by atoms with Crippen LogP contribution in [0.2, 0.25) is 5.02 Å². The lowest BCUT2D eigenvalue weighted by Gasteiger charge is -2.32. The maximum absolute atomic E-state index is 13.2. The van der Waals surface area contributed by atoms with Crippen LogP contribution in [0.5, 0.6) is 0 Å². The van der Waals surface area contributed by atoms with Crippen LogP contribution in [0.1, 0.15) is 10.4 Å². The molecule has 1 fully saturated rings. The standard InChI is InChI=1S/C18H15ClF2N2O3/c19-12-2-4-13(5-3-12)23-9-14(26-10-17(23)24)8-22-18(25)11-1-6-15(20)16(21)7-11/h1-7,14H,8-10H2,(H,22,25). The van der Waals surface area contributed by atoms with Gasteiger partial charge >= 0.3 is 0 Å². The molecule has 1 unspecified atom stereocenters. The third kappa shape index (κ3) is 4.17. The monoisotopic (exact) mass is 380 g/mol. The van der Waals surface area contributed by atoms with Gasteiger partial charge in [0.05, 0.1) is 12.6 Å². The van der Waals surface area contributed by atoms with E-state index in [4.69, 9.17) is 16.3 Å². The maximum Gasteiger partial charge on any atom is 0.253 e. The van der Waals surface area contributed by atoms with Crippen molar-refractivity contribution in [3.05, 3.63) is 64.7 Å². The van der Waals surface area contributed by atoms with Crippen molar-refractivity contribution in [1.29, 1.82) is 0 Å². The van der Waals surface area contributed by atoms with E-state index >= 15 is 0 Å². The number of amides is 2. The van der Waals surface area contributed by atoms with E-state index < -0.39 is 23.6 Å². The number of hydrogen-bond acceptors (Lipinski definition) is 3. The van der Waals surface area contributed by atoms with Crippen LogP contribution < -0.4 is 10.2 Å². The zero-order valence-electron chi connectivity index (χ0n) is 13.5. The Morgan fingerprint density at radius 3 is 2.62 bits per heavy atom. The molecule has 1 N–H and O–H groups in total. The number of hydrogen-bond donors (Lipinski definition) is 1. The molecule has 0 bridgehead atoms. The molecule has 0 radical (unpaired) electrons. The second-order valence-electron chi connectivity index (χ2n) is 5.75. The molecule has 1 aliphatic rings. The van der Waals surface area contributed by atoms with Crippen molar-refractivity contribution in [2.24, 2.45) is 0 Å². The van der Waals surface area contributed by atoms with Crippen molar-refractivity contribution in [2.45, 2.75) is 6.10 Å². The van der Waals surface area contributed by atoms with Gasteiger partial charge in [0.2, 0.25) is 0 Å². The largest absolute Gasteiger partial charge is 0.365 e. The molecule has 0 spiro atoms. The Bertz CT molecular complexity index is 830. The molecule has 1 aliphatic heterocycles. The van der Waals surface area contributed by atoms with Crippen molar-refractivity contribution >= 4 is 29.1 Å². The molecular weight excluding hydrogens is 366 g/mol. The predicted molar refractivity (Wildman–Crippen MR) is 92.2 cm³/mol. The maximum atomic E-state index is 13.2. The summed E-state index contributed by atoms with van der Waals surface area (Å²) >= 11 is 5.85. The van der Waals surface area contributed by atoms with Gasteiger partial charge in [-0.2, -0.15) is 0 Å². The predicted octanol–water partition coefficient (Wildman–Crippen LogP) is 2.78. The van der Waals surface area contributed by atoms with Crippen LogP contribution in [0.4, 0.5) is 14.5 Å². The minimum Gasteiger partial charge on any atom is -0.365 e. The topological polar surface area (TPSA) is 58.6 Å². The normalized spacial score (nSPS) is 17.3. The molecule has 0 aliphatic carbocycles. The Morgan fingerprint density at radius 1 is 1.19 bits per heavy atom. The second-order valence-corrected chi connectivity index (χ2v) is 6.19. The zero-order valence-corrected chi connectivity index (χ0v) is 14.3. The first-order chi connectivity index (χ1) is 12.4. The number of morpholine rings is 1. The average molecular weight is 381 g/mol. The molecule has 26 heavy (non-hydrogen) atoms. The molecule has 8 heteroatoms. The van der Waals surface area contributed by atoms with E-state index in [9.17, 15) is 18.4 Å². The molecule has 136 valence electrons. The molecule has 5 nitrogen and oxygen atoms in total. The number of ether oxygens (including phenoxy) is 1. The van der Waals surface area contributed by atoms with Crippen LogP contribution in [-0.4, -0.2) is 37.6 Å². The number of nitrogens with zero attached hydrogens (tertiary/aromatic N) is 1. The van der Waals surface area contributed by atoms with E-state index in [1.807, 2.05) is 0 Å². The fourth-order valence-corrected chi connectivity index (χ4v) is 2.69. The minimum atomic E-state index is -1.09. The lowest BCUT2D eigenvalue weighted by atomic mass is 10.2. The van der Waals surface area contributed by atoms with Gasteiger partial charge in [-0.05, 0) is 42.5 Å². The van der Waals surface area contributed by atoms with Gasteiger partial charge < -0.3 is 15.0 Å². The van der Waals surface area contributed by atoms with Crippen LogP contribution in [0, 0.1) is 11.6 Å². The highest BCUT2D eigenvalue weighted by Gasteiger charge is 2.27. The minimum absolute atomic E-state index is 0.00495. The van der Waals surface area contributed by atoms with Gasteiger partial charge in [-0.1, -0.05) is 11.6 Å². The summed E-state index contributed by atoms with van der Waals surface area (Å²) in [7, 11) is 0. The summed E-state index contributed by atoms with van der Waals surface area (Å²) in [5.74, 6) is -2.86. The van der Waals surface area contributed by atoms with Crippen molar-refractivity contribution in [3.8, 4) is 0 Å². The van der Waals surface area contributed by atoms with Gasteiger partial charge in [-0.25, -0.2) is 8.78 Å². The summed E-state index contributed by atoms with van der Waals surface area (Å²) in [5.41, 5.74) is 0.685. The highest BCUT2D eigenvalue weighted by Crippen LogP contribution is 2.21. The summed E-state index contributed by atoms with van der Waals surface area (Å²) in [5, 5.41) is 3.16. The summed E-state index contributed by atoms with van der Waals surface area (Å²) in [6.07, 6.45) is -0.433. The molecule has 1 atom stereocenters. The Morgan fingerprint density at radius 2 is 1.92 bits per heavy atom. The Balaban J connectivity index is 1.61. The number of anilines is 1. The van der Waals surface area contributed by atoms with E-state index in [1.54, 1.807) is 29.2 Å². The molecule has 3 rings (SSSR count). The SMILES string of the molecule is O=C(NCC1CN(c2ccc(Cl)cc2)C(=O)CO1)c1ccc(F)c(F)c1. The first kappa shape index (κ1) is 18.3. The molecule has 0 saturated carbocycles. The van der Waals surface area contributed by atoms with Crippen molar-refractivity contribution < 1.29 is 23.1 Å². The first-order valence-electron chi connectivity index (χ1n) is 7.85. The summed E-state index contributed by atoms with van der Waals surface area (Å²) in [6.45, 7) is 0.252. The van der Waals surface area contributed by atoms with Crippen LogP contribution in [0.25, 0.3) is 0 Å². The number of nitrogens with one attached hydrogen (secondary N) is 1. The number of halogens is 3. The molecule has 0 aromatic heterocycles. The van der Waals surface area contributed by atoms with Gasteiger partial charge in [0.1, 0.15) is 6.61 Å². The van der Waals surface area contributed by atoms with E-state index in [0.717, 1.165) is 12.1 Å². The fourth-order valence-electron chi connectivity index (χ4n) is 2.57. The Kier molecular flexibility index (Phi) is 5.49. The average Bonchev–Trinajstić information content (AvgIpc) is 2.64. The Hall–Kier alpha value is -2.51. The third-order valence-electron chi connectivity index (χ3n) is 3.94. The molecule has 2 amide bonds. The summed E-state index contributed by atoms with van der Waals surface area (Å²) < 4.78 is 31.6. The van der Waals surface area contributed by atoms with Gasteiger partial charge in [-0.15, -0.1) is 0 Å². The van der Waals surface area contributed by atoms with Gasteiger partial charge in [0, 0.05) is 22.8 Å². The summed E-state index contributed by atoms with van der Waals surface area (Å²) in [4.78, 5) is 25.7. The number of rotatable bonds is 4. The number of carbonyl (C=O) groups is 2. The van der Waals surface area contributed by atoms with Crippen LogP contribution in [0.15, 0.2) is 42.5 Å². The van der Waals surface area contributed by atoms with E-state index in [-0.39, 0.29) is 31.2 Å². The quantitative estimate of drug-likeness (QED) is 0.887. The van der Waals surface area contributed by atoms with Gasteiger partial charge in [0.25, 0.3) is 11.8 Å². The van der Waals surface area contributed by atoms with Gasteiger partial charge in [-0.3, -0.25) is 9.59 Å². The smallest absolute Gasteiger partial charge is 0.253 e. The van der Waals surface area contributed by atoms with Gasteiger partial charge in [0.15, 0.2) is 11.6 Å². The fraction of sp³-hybridized carbons (Fsp3) is 0.222. The van der Waals surface area contributed by atoms with Crippen molar-refractivity contribution in [3.63, 3.8) is 0 Å². The lowest BCUT2D eigenvalue weighted by molar-refractivity contribution is -0.129. The molecule has 2 aromatic rings. The van der Waals surface area contributed by atoms with Crippen LogP contribution in [-0.2, 0) is 9.53 Å². The van der Waals surface area contributed by atoms with Crippen LogP contribution >= 0.6 is 11.6 Å². The Labute approximate surface area is 153 Å². The van der Waals surface area contributed by atoms with Crippen LogP contribution in [0.3, 0.4) is 0 Å². The van der Waals surface area contributed by atoms with E-state index in [1.165, 1.54) is 6.07 Å². The highest BCUT2D eigenvalue weighted by atomic mass is 35.5. The molecule has 2 aromatic carbocycles. The summed E-state index contributed by atoms with van der Waals surface area (Å²) in [6, 6.07) is 9.72. The number of benzene rings is 2. The first-order valence-corrected chi connectivity index (χ1v) is 8.22. The molecule has 1 saturated heterocycles. The van der Waals surface area contributed by atoms with E-state index in [2.05, 4.69) is 5.32 Å². The van der Waals surface area contributed by atoms with E-state index in [0.29, 0.717) is 10.7 Å². The lowest BCUT2D eigenvalue weighted by Crippen LogP contribution is -2.50. The third-order valence-corrected chi connectivity index (χ3v) is 4.19. The molecular formula is C18H15ClF2N2O3. The number of carbonyl (C=O) groups excluding carboxylic acids is 2. The van der Waals surface area contributed by atoms with Crippen molar-refractivity contribution in [1.82, 2.24) is 5.32 Å².